The molecule has 3 fully saturated rings. The van der Waals surface area contributed by atoms with Crippen LogP contribution >= 0.6 is 11.6 Å². The molecule has 6 rings (SSSR count). The third-order valence-corrected chi connectivity index (χ3v) is 10.4. The minimum Gasteiger partial charge on any atom is -0.394 e. The maximum Gasteiger partial charge on any atom is 0.253 e. The molecule has 244 valence electrons. The summed E-state index contributed by atoms with van der Waals surface area (Å²) < 4.78 is 6.94. The van der Waals surface area contributed by atoms with Gasteiger partial charge in [-0.25, -0.2) is 0 Å². The Kier molecular flexibility index (Phi) is 8.87. The smallest absolute Gasteiger partial charge is 0.253 e. The van der Waals surface area contributed by atoms with Crippen LogP contribution in [0.2, 0.25) is 5.02 Å². The topological polar surface area (TPSA) is 90.4 Å². The molecule has 1 spiro atoms. The van der Waals surface area contributed by atoms with Crippen LogP contribution in [0, 0.1) is 18.8 Å². The Labute approximate surface area is 280 Å². The lowest BCUT2D eigenvalue weighted by atomic mass is 9.66. The molecule has 9 heteroatoms. The Bertz CT molecular complexity index is 1680. The molecule has 8 nitrogen and oxygen atoms in total. The molecule has 3 aromatic carbocycles. The van der Waals surface area contributed by atoms with Crippen LogP contribution < -0.4 is 9.80 Å². The largest absolute Gasteiger partial charge is 0.394 e. The molecule has 0 radical (unpaired) electrons. The van der Waals surface area contributed by atoms with Gasteiger partial charge in [0, 0.05) is 18.8 Å². The lowest BCUT2D eigenvalue weighted by Crippen LogP contribution is -2.57. The van der Waals surface area contributed by atoms with Crippen molar-refractivity contribution in [1.82, 2.24) is 4.90 Å². The molecule has 3 saturated heterocycles. The number of aliphatic hydroxyl groups excluding tert-OH is 1. The normalized spacial score (nSPS) is 26.5. The van der Waals surface area contributed by atoms with Gasteiger partial charge in [-0.3, -0.25) is 14.4 Å². The van der Waals surface area contributed by atoms with Crippen molar-refractivity contribution < 1.29 is 24.2 Å². The third kappa shape index (κ3) is 5.19. The van der Waals surface area contributed by atoms with Crippen LogP contribution in [0.3, 0.4) is 0 Å². The molecule has 2 unspecified atom stereocenters. The first-order chi connectivity index (χ1) is 22.6. The van der Waals surface area contributed by atoms with Gasteiger partial charge in [-0.15, -0.1) is 13.2 Å². The number of rotatable bonds is 11. The molecule has 3 aromatic rings. The van der Waals surface area contributed by atoms with Gasteiger partial charge >= 0.3 is 0 Å². The monoisotopic (exact) mass is 653 g/mol. The van der Waals surface area contributed by atoms with Crippen LogP contribution in [0.5, 0.6) is 0 Å². The van der Waals surface area contributed by atoms with Gasteiger partial charge in [-0.1, -0.05) is 84.4 Å². The van der Waals surface area contributed by atoms with E-state index in [1.54, 1.807) is 28.0 Å². The quantitative estimate of drug-likeness (QED) is 0.261. The average Bonchev–Trinajstić information content (AvgIpc) is 3.64. The zero-order valence-corrected chi connectivity index (χ0v) is 27.5. The van der Waals surface area contributed by atoms with Crippen LogP contribution in [-0.2, 0) is 19.1 Å². The van der Waals surface area contributed by atoms with E-state index in [1.807, 2.05) is 86.6 Å². The fraction of sp³-hybridized carbons (Fsp3) is 0.342. The molecule has 3 amide bonds. The van der Waals surface area contributed by atoms with Crippen LogP contribution in [0.4, 0.5) is 11.4 Å². The maximum atomic E-state index is 15.2. The second kappa shape index (κ2) is 12.8. The van der Waals surface area contributed by atoms with Crippen LogP contribution in [-0.4, -0.2) is 64.7 Å². The molecule has 1 N–H and O–H groups in total. The molecular formula is C38H40ClN3O5. The van der Waals surface area contributed by atoms with Gasteiger partial charge < -0.3 is 24.5 Å². The summed E-state index contributed by atoms with van der Waals surface area (Å²) in [6.07, 6.45) is 4.14. The molecule has 3 heterocycles. The number of benzene rings is 3. The molecular weight excluding hydrogens is 614 g/mol. The number of para-hydroxylation sites is 2. The highest BCUT2D eigenvalue weighted by Gasteiger charge is 2.79. The first-order valence-corrected chi connectivity index (χ1v) is 16.3. The lowest BCUT2D eigenvalue weighted by molar-refractivity contribution is -0.148. The molecule has 3 aliphatic heterocycles. The van der Waals surface area contributed by atoms with Gasteiger partial charge in [0.25, 0.3) is 5.91 Å². The molecule has 0 saturated carbocycles. The minimum absolute atomic E-state index is 0.124. The Morgan fingerprint density at radius 1 is 0.979 bits per heavy atom. The summed E-state index contributed by atoms with van der Waals surface area (Å²) >= 11 is 6.72. The van der Waals surface area contributed by atoms with E-state index in [0.29, 0.717) is 34.8 Å². The molecule has 47 heavy (non-hydrogen) atoms. The van der Waals surface area contributed by atoms with E-state index in [4.69, 9.17) is 16.3 Å². The van der Waals surface area contributed by atoms with Gasteiger partial charge in [-0.05, 0) is 56.0 Å². The van der Waals surface area contributed by atoms with Gasteiger partial charge in [0.1, 0.15) is 11.6 Å². The van der Waals surface area contributed by atoms with Gasteiger partial charge in [-0.2, -0.15) is 0 Å². The van der Waals surface area contributed by atoms with Crippen molar-refractivity contribution in [2.45, 2.75) is 50.0 Å². The summed E-state index contributed by atoms with van der Waals surface area (Å²) in [6, 6.07) is 21.8. The number of aliphatic hydroxyl groups is 1. The predicted molar refractivity (Wildman–Crippen MR) is 183 cm³/mol. The number of aryl methyl sites for hydroxylation is 1. The molecule has 0 aliphatic carbocycles. The van der Waals surface area contributed by atoms with Crippen molar-refractivity contribution in [2.75, 3.05) is 29.5 Å². The number of anilines is 2. The average molecular weight is 654 g/mol. The molecule has 6 atom stereocenters. The Morgan fingerprint density at radius 2 is 1.62 bits per heavy atom. The van der Waals surface area contributed by atoms with E-state index in [0.717, 1.165) is 5.56 Å². The van der Waals surface area contributed by atoms with Crippen molar-refractivity contribution >= 4 is 40.7 Å². The van der Waals surface area contributed by atoms with E-state index < -0.39 is 53.5 Å². The van der Waals surface area contributed by atoms with Crippen molar-refractivity contribution in [3.05, 3.63) is 120 Å². The van der Waals surface area contributed by atoms with E-state index >= 15 is 9.59 Å². The summed E-state index contributed by atoms with van der Waals surface area (Å²) in [5, 5.41) is 11.3. The Balaban J connectivity index is 1.52. The fourth-order valence-electron chi connectivity index (χ4n) is 8.14. The zero-order valence-electron chi connectivity index (χ0n) is 26.7. The summed E-state index contributed by atoms with van der Waals surface area (Å²) in [7, 11) is 0. The summed E-state index contributed by atoms with van der Waals surface area (Å²) in [5.74, 6) is -2.91. The van der Waals surface area contributed by atoms with Crippen molar-refractivity contribution in [2.24, 2.45) is 11.8 Å². The number of ether oxygens (including phenoxy) is 1. The van der Waals surface area contributed by atoms with Crippen molar-refractivity contribution in [1.29, 1.82) is 0 Å². The number of nitrogens with zero attached hydrogens (tertiary/aromatic N) is 3. The minimum atomic E-state index is -1.32. The standard InChI is InChI=1S/C38H40ClN3O5/c1-5-22-40(27-17-11-8-12-18-27)34(44)30-31-35(45)42(29(24-43)26-15-9-7-10-16-26)33(38(31)21-20-37(30,4)47-38)36(46)41(23-6-2)32-25(3)14-13-19-28(32)39/h5-19,29-31,33,43H,1-2,20-24H2,3-4H3/t29-,30+,31+,33?,37-,38?/m1/s1. The third-order valence-electron chi connectivity index (χ3n) is 10.1. The summed E-state index contributed by atoms with van der Waals surface area (Å²) in [4.78, 5) is 49.5. The molecule has 2 bridgehead atoms. The van der Waals surface area contributed by atoms with Gasteiger partial charge in [0.15, 0.2) is 0 Å². The van der Waals surface area contributed by atoms with E-state index in [9.17, 15) is 9.90 Å². The molecule has 3 aliphatic rings. The number of carbonyl (C=O) groups is 3. The number of hydrogen-bond donors (Lipinski definition) is 1. The maximum absolute atomic E-state index is 15.2. The second-order valence-electron chi connectivity index (χ2n) is 12.8. The van der Waals surface area contributed by atoms with Gasteiger partial charge in [0.2, 0.25) is 11.8 Å². The number of carbonyl (C=O) groups excluding carboxylic acids is 3. The number of likely N-dealkylation sites (tertiary alicyclic amines) is 1. The first kappa shape index (κ1) is 32.7. The summed E-state index contributed by atoms with van der Waals surface area (Å²) in [6.45, 7) is 11.5. The SMILES string of the molecule is C=CCN(C(=O)[C@@H]1[C@H]2C(=O)N([C@H](CO)c3ccccc3)C(C(=O)N(CC=C)c3c(C)cccc3Cl)C23CC[C@@]1(C)O3)c1ccccc1. The fourth-order valence-corrected chi connectivity index (χ4v) is 8.47. The van der Waals surface area contributed by atoms with E-state index in [-0.39, 0.29) is 19.0 Å². The number of fused-ring (bicyclic) bond motifs is 1. The van der Waals surface area contributed by atoms with Crippen LogP contribution in [0.25, 0.3) is 0 Å². The first-order valence-electron chi connectivity index (χ1n) is 16.0. The van der Waals surface area contributed by atoms with Crippen molar-refractivity contribution in [3.63, 3.8) is 0 Å². The molecule has 0 aromatic heterocycles. The number of halogens is 1. The van der Waals surface area contributed by atoms with E-state index in [2.05, 4.69) is 13.2 Å². The number of hydrogen-bond acceptors (Lipinski definition) is 5. The highest BCUT2D eigenvalue weighted by atomic mass is 35.5. The Hall–Kier alpha value is -4.24. The summed E-state index contributed by atoms with van der Waals surface area (Å²) in [5.41, 5.74) is 0.315. The lowest BCUT2D eigenvalue weighted by Gasteiger charge is -2.40. The Morgan fingerprint density at radius 3 is 2.23 bits per heavy atom. The number of amides is 3. The predicted octanol–water partition coefficient (Wildman–Crippen LogP) is 5.88. The highest BCUT2D eigenvalue weighted by molar-refractivity contribution is 6.34. The second-order valence-corrected chi connectivity index (χ2v) is 13.2. The zero-order chi connectivity index (χ0) is 33.5. The van der Waals surface area contributed by atoms with Crippen LogP contribution in [0.1, 0.15) is 36.9 Å². The van der Waals surface area contributed by atoms with E-state index in [1.165, 1.54) is 4.90 Å². The highest BCUT2D eigenvalue weighted by Crippen LogP contribution is 2.64. The van der Waals surface area contributed by atoms with Crippen molar-refractivity contribution in [3.8, 4) is 0 Å². The van der Waals surface area contributed by atoms with Crippen LogP contribution in [0.15, 0.2) is 104 Å². The van der Waals surface area contributed by atoms with Gasteiger partial charge in [0.05, 0.1) is 40.8 Å².